The van der Waals surface area contributed by atoms with Crippen LogP contribution in [0.1, 0.15) is 26.3 Å². The molecule has 15 heavy (non-hydrogen) atoms. The fourth-order valence-corrected chi connectivity index (χ4v) is 1.66. The van der Waals surface area contributed by atoms with E-state index >= 15 is 0 Å². The summed E-state index contributed by atoms with van der Waals surface area (Å²) in [7, 11) is 0. The second-order valence-electron chi connectivity index (χ2n) is 4.57. The molecule has 0 saturated heterocycles. The fourth-order valence-electron chi connectivity index (χ4n) is 1.66. The van der Waals surface area contributed by atoms with E-state index in [1.807, 2.05) is 18.2 Å². The zero-order valence-corrected chi connectivity index (χ0v) is 12.2. The number of aromatic nitrogens is 1. The molecule has 0 unspecified atom stereocenters. The monoisotopic (exact) mass is 273 g/mol. The topological polar surface area (TPSA) is 12.9 Å². The summed E-state index contributed by atoms with van der Waals surface area (Å²) in [5.41, 5.74) is 2.49. The first-order valence-electron chi connectivity index (χ1n) is 4.85. The van der Waals surface area contributed by atoms with E-state index in [1.165, 1.54) is 10.9 Å². The maximum absolute atomic E-state index is 4.23. The van der Waals surface area contributed by atoms with Crippen molar-refractivity contribution in [1.82, 2.24) is 4.98 Å². The van der Waals surface area contributed by atoms with Crippen molar-refractivity contribution in [3.05, 3.63) is 42.1 Å². The van der Waals surface area contributed by atoms with Gasteiger partial charge < -0.3 is 4.98 Å². The summed E-state index contributed by atoms with van der Waals surface area (Å²) in [4.78, 5) is 4.23. The van der Waals surface area contributed by atoms with Gasteiger partial charge in [-0.2, -0.15) is 6.07 Å². The van der Waals surface area contributed by atoms with Gasteiger partial charge in [0.1, 0.15) is 0 Å². The van der Waals surface area contributed by atoms with Crippen LogP contribution in [0, 0.1) is 6.20 Å². The van der Waals surface area contributed by atoms with E-state index in [0.29, 0.717) is 0 Å². The number of benzene rings is 1. The fraction of sp³-hybridized carbons (Fsp3) is 0.308. The summed E-state index contributed by atoms with van der Waals surface area (Å²) in [5.74, 6) is 0. The van der Waals surface area contributed by atoms with E-state index in [2.05, 4.69) is 44.1 Å². The summed E-state index contributed by atoms with van der Waals surface area (Å²) >= 11 is 0. The molecule has 0 spiro atoms. The van der Waals surface area contributed by atoms with Crippen LogP contribution in [-0.4, -0.2) is 4.98 Å². The van der Waals surface area contributed by atoms with Crippen LogP contribution < -0.4 is 0 Å². The second kappa shape index (κ2) is 4.71. The Morgan fingerprint density at radius 1 is 1.13 bits per heavy atom. The maximum Gasteiger partial charge on any atom is 0 e. The van der Waals surface area contributed by atoms with Crippen LogP contribution >= 0.6 is 0 Å². The third-order valence-electron chi connectivity index (χ3n) is 2.40. The van der Waals surface area contributed by atoms with Crippen LogP contribution in [-0.2, 0) is 38.1 Å². The molecule has 0 N–H and O–H groups in total. The average molecular weight is 273 g/mol. The van der Waals surface area contributed by atoms with E-state index in [0.717, 1.165) is 5.52 Å². The predicted molar refractivity (Wildman–Crippen MR) is 59.3 cm³/mol. The van der Waals surface area contributed by atoms with Gasteiger partial charge in [0.05, 0.1) is 0 Å². The summed E-state index contributed by atoms with van der Waals surface area (Å²) < 4.78 is 0. The molecule has 0 atom stereocenters. The maximum atomic E-state index is 4.23. The Kier molecular flexibility index (Phi) is 4.02. The number of nitrogens with zero attached hydrogens (tertiary/aromatic N) is 1. The van der Waals surface area contributed by atoms with E-state index in [-0.39, 0.29) is 38.1 Å². The van der Waals surface area contributed by atoms with Crippen LogP contribution in [0.25, 0.3) is 10.9 Å². The van der Waals surface area contributed by atoms with E-state index in [1.54, 1.807) is 0 Å². The normalized spacial score (nSPS) is 11.1. The summed E-state index contributed by atoms with van der Waals surface area (Å²) in [6.45, 7) is 6.63. The molecule has 0 aliphatic carbocycles. The first kappa shape index (κ1) is 12.8. The molecule has 0 amide bonds. The van der Waals surface area contributed by atoms with Crippen LogP contribution in [0.4, 0.5) is 0 Å². The number of fused-ring (bicyclic) bond motifs is 1. The van der Waals surface area contributed by atoms with E-state index in [9.17, 15) is 0 Å². The molecular formula is C13H14NY-. The first-order chi connectivity index (χ1) is 6.59. The molecule has 1 nitrogen and oxygen atoms in total. The molecule has 2 aromatic rings. The van der Waals surface area contributed by atoms with Gasteiger partial charge in [-0.05, 0) is 5.52 Å². The van der Waals surface area contributed by atoms with Crippen molar-refractivity contribution in [2.24, 2.45) is 0 Å². The van der Waals surface area contributed by atoms with E-state index < -0.39 is 0 Å². The molecule has 0 saturated carbocycles. The van der Waals surface area contributed by atoms with Gasteiger partial charge in [0, 0.05) is 32.7 Å². The van der Waals surface area contributed by atoms with Crippen molar-refractivity contribution in [3.8, 4) is 0 Å². The zero-order chi connectivity index (χ0) is 10.2. The largest absolute Gasteiger partial charge is 0.386 e. The molecule has 2 heteroatoms. The SMILES string of the molecule is CC(C)(C)c1c[c-]nc2ccccc12.[Y]. The summed E-state index contributed by atoms with van der Waals surface area (Å²) in [6.07, 6.45) is 2.96. The van der Waals surface area contributed by atoms with Crippen molar-refractivity contribution < 1.29 is 32.7 Å². The summed E-state index contributed by atoms with van der Waals surface area (Å²) in [6, 6.07) is 10.2. The predicted octanol–water partition coefficient (Wildman–Crippen LogP) is 3.33. The van der Waals surface area contributed by atoms with Gasteiger partial charge in [-0.3, -0.25) is 0 Å². The minimum atomic E-state index is 0. The first-order valence-corrected chi connectivity index (χ1v) is 4.85. The van der Waals surface area contributed by atoms with Gasteiger partial charge >= 0.3 is 0 Å². The Bertz CT molecular complexity index is 452. The van der Waals surface area contributed by atoms with Gasteiger partial charge in [0.2, 0.25) is 0 Å². The number of hydrogen-bond acceptors (Lipinski definition) is 1. The third kappa shape index (κ3) is 2.65. The Hall–Kier alpha value is -0.266. The molecule has 0 aliphatic rings. The Labute approximate surface area is 116 Å². The molecule has 0 bridgehead atoms. The molecule has 2 rings (SSSR count). The zero-order valence-electron chi connectivity index (χ0n) is 9.41. The molecule has 1 aromatic heterocycles. The average Bonchev–Trinajstić information content (AvgIpc) is 2.15. The van der Waals surface area contributed by atoms with Gasteiger partial charge in [0.15, 0.2) is 0 Å². The Morgan fingerprint density at radius 3 is 2.47 bits per heavy atom. The standard InChI is InChI=1S/C13H14N.Y/c1-13(2,3)11-8-9-14-12-7-5-4-6-10(11)12;/h4-8H,1-3H3;/q-1;. The Morgan fingerprint density at radius 2 is 1.80 bits per heavy atom. The van der Waals surface area contributed by atoms with Gasteiger partial charge in [0.25, 0.3) is 0 Å². The molecule has 1 radical (unpaired) electrons. The molecule has 0 aliphatic heterocycles. The smallest absolute Gasteiger partial charge is 0 e. The van der Waals surface area contributed by atoms with Crippen molar-refractivity contribution in [1.29, 1.82) is 0 Å². The molecule has 1 aromatic carbocycles. The molecule has 75 valence electrons. The van der Waals surface area contributed by atoms with Crippen LogP contribution in [0.3, 0.4) is 0 Å². The number of para-hydroxylation sites is 1. The number of hydrogen-bond donors (Lipinski definition) is 0. The van der Waals surface area contributed by atoms with Gasteiger partial charge in [-0.25, -0.2) is 0 Å². The number of rotatable bonds is 0. The van der Waals surface area contributed by atoms with Crippen molar-refractivity contribution in [3.63, 3.8) is 0 Å². The van der Waals surface area contributed by atoms with Crippen LogP contribution in [0.15, 0.2) is 30.3 Å². The minimum absolute atomic E-state index is 0. The molecule has 1 heterocycles. The Balaban J connectivity index is 0.00000112. The molecular weight excluding hydrogens is 259 g/mol. The van der Waals surface area contributed by atoms with Crippen LogP contribution in [0.5, 0.6) is 0 Å². The van der Waals surface area contributed by atoms with Crippen molar-refractivity contribution in [2.45, 2.75) is 26.2 Å². The van der Waals surface area contributed by atoms with Gasteiger partial charge in [-0.15, -0.1) is 10.9 Å². The number of pyridine rings is 1. The second-order valence-corrected chi connectivity index (χ2v) is 4.57. The summed E-state index contributed by atoms with van der Waals surface area (Å²) in [5, 5.41) is 1.23. The van der Waals surface area contributed by atoms with Gasteiger partial charge in [-0.1, -0.05) is 56.6 Å². The van der Waals surface area contributed by atoms with Crippen molar-refractivity contribution in [2.75, 3.05) is 0 Å². The third-order valence-corrected chi connectivity index (χ3v) is 2.40. The van der Waals surface area contributed by atoms with E-state index in [4.69, 9.17) is 0 Å². The van der Waals surface area contributed by atoms with Crippen molar-refractivity contribution >= 4 is 10.9 Å². The quantitative estimate of drug-likeness (QED) is 0.671. The minimum Gasteiger partial charge on any atom is -0.386 e. The van der Waals surface area contributed by atoms with Crippen LogP contribution in [0.2, 0.25) is 0 Å². The molecule has 0 fully saturated rings.